The van der Waals surface area contributed by atoms with Crippen LogP contribution in [0.3, 0.4) is 0 Å². The summed E-state index contributed by atoms with van der Waals surface area (Å²) in [4.78, 5) is 8.79. The molecule has 0 aliphatic heterocycles. The second-order valence-electron chi connectivity index (χ2n) is 9.36. The van der Waals surface area contributed by atoms with Gasteiger partial charge in [0.1, 0.15) is 29.7 Å². The number of aryl methyl sites for hydroxylation is 1. The van der Waals surface area contributed by atoms with Crippen molar-refractivity contribution >= 4 is 22.7 Å². The molecule has 1 aliphatic rings. The Hall–Kier alpha value is -3.98. The van der Waals surface area contributed by atoms with Crippen molar-refractivity contribution in [2.45, 2.75) is 45.1 Å². The van der Waals surface area contributed by atoms with Crippen molar-refractivity contribution < 1.29 is 4.74 Å². The Labute approximate surface area is 203 Å². The van der Waals surface area contributed by atoms with E-state index in [2.05, 4.69) is 37.6 Å². The molecule has 0 bridgehead atoms. The Morgan fingerprint density at radius 1 is 0.971 bits per heavy atom. The summed E-state index contributed by atoms with van der Waals surface area (Å²) in [5, 5.41) is 12.0. The fourth-order valence-electron chi connectivity index (χ4n) is 4.94. The van der Waals surface area contributed by atoms with Gasteiger partial charge in [-0.2, -0.15) is 10.2 Å². The summed E-state index contributed by atoms with van der Waals surface area (Å²) in [6.07, 6.45) is 12.6. The summed E-state index contributed by atoms with van der Waals surface area (Å²) < 4.78 is 9.72. The number of fused-ring (bicyclic) bond motifs is 2. The van der Waals surface area contributed by atoms with Crippen LogP contribution in [0.25, 0.3) is 11.2 Å². The zero-order valence-electron chi connectivity index (χ0n) is 19.6. The van der Waals surface area contributed by atoms with Gasteiger partial charge in [-0.15, -0.1) is 0 Å². The Balaban J connectivity index is 1.22. The van der Waals surface area contributed by atoms with Gasteiger partial charge in [0.15, 0.2) is 11.5 Å². The van der Waals surface area contributed by atoms with Gasteiger partial charge in [0.05, 0.1) is 0 Å². The summed E-state index contributed by atoms with van der Waals surface area (Å²) in [5.41, 5.74) is 11.1. The number of hydrogen-bond donors (Lipinski definition) is 2. The highest BCUT2D eigenvalue weighted by molar-refractivity contribution is 5.77. The Morgan fingerprint density at radius 3 is 2.63 bits per heavy atom. The summed E-state index contributed by atoms with van der Waals surface area (Å²) in [7, 11) is 0. The average Bonchev–Trinajstić information content (AvgIpc) is 3.50. The van der Waals surface area contributed by atoms with E-state index in [1.165, 1.54) is 24.7 Å². The highest BCUT2D eigenvalue weighted by Gasteiger charge is 2.21. The first-order valence-electron chi connectivity index (χ1n) is 12.0. The van der Waals surface area contributed by atoms with Gasteiger partial charge in [-0.05, 0) is 86.4 Å². The van der Waals surface area contributed by atoms with E-state index in [-0.39, 0.29) is 0 Å². The molecule has 9 nitrogen and oxygen atoms in total. The van der Waals surface area contributed by atoms with Crippen LogP contribution in [0.2, 0.25) is 0 Å². The van der Waals surface area contributed by atoms with Crippen LogP contribution in [0.4, 0.5) is 11.5 Å². The number of hydrogen-bond acceptors (Lipinski definition) is 7. The molecule has 4 aromatic heterocycles. The summed E-state index contributed by atoms with van der Waals surface area (Å²) in [5.74, 6) is 2.96. The number of anilines is 2. The Bertz CT molecular complexity index is 1480. The molecule has 1 fully saturated rings. The summed E-state index contributed by atoms with van der Waals surface area (Å²) >= 11 is 0. The van der Waals surface area contributed by atoms with E-state index in [4.69, 9.17) is 10.5 Å². The lowest BCUT2D eigenvalue weighted by Gasteiger charge is -2.25. The molecule has 0 unspecified atom stereocenters. The van der Waals surface area contributed by atoms with Crippen LogP contribution in [0, 0.1) is 12.8 Å². The molecule has 0 saturated heterocycles. The van der Waals surface area contributed by atoms with Crippen molar-refractivity contribution in [2.75, 3.05) is 5.32 Å². The van der Waals surface area contributed by atoms with E-state index in [1.54, 1.807) is 10.8 Å². The zero-order valence-corrected chi connectivity index (χ0v) is 19.6. The maximum absolute atomic E-state index is 6.11. The van der Waals surface area contributed by atoms with Crippen LogP contribution >= 0.6 is 0 Å². The molecule has 5 aromatic rings. The molecular formula is C26H28N8O. The van der Waals surface area contributed by atoms with Gasteiger partial charge in [0.2, 0.25) is 0 Å². The van der Waals surface area contributed by atoms with Crippen molar-refractivity contribution in [3.8, 4) is 11.5 Å². The maximum atomic E-state index is 6.11. The van der Waals surface area contributed by atoms with Gasteiger partial charge < -0.3 is 15.8 Å². The third-order valence-corrected chi connectivity index (χ3v) is 6.85. The lowest BCUT2D eigenvalue weighted by molar-refractivity contribution is 0.325. The minimum absolute atomic E-state index is 0.360. The van der Waals surface area contributed by atoms with E-state index in [0.29, 0.717) is 17.7 Å². The third-order valence-electron chi connectivity index (χ3n) is 6.85. The van der Waals surface area contributed by atoms with E-state index >= 15 is 0 Å². The normalized spacial score (nSPS) is 18.2. The zero-order chi connectivity index (χ0) is 23.8. The minimum Gasteiger partial charge on any atom is -0.457 e. The molecular weight excluding hydrogens is 440 g/mol. The van der Waals surface area contributed by atoms with Gasteiger partial charge in [0, 0.05) is 30.2 Å². The van der Waals surface area contributed by atoms with Gasteiger partial charge in [-0.25, -0.2) is 19.0 Å². The monoisotopic (exact) mass is 468 g/mol. The summed E-state index contributed by atoms with van der Waals surface area (Å²) in [6, 6.07) is 12.3. The molecule has 0 atom stereocenters. The molecule has 178 valence electrons. The Kier molecular flexibility index (Phi) is 5.54. The molecule has 1 aromatic carbocycles. The summed E-state index contributed by atoms with van der Waals surface area (Å²) in [6.45, 7) is 2.03. The van der Waals surface area contributed by atoms with Gasteiger partial charge in [-0.3, -0.25) is 0 Å². The van der Waals surface area contributed by atoms with Gasteiger partial charge >= 0.3 is 0 Å². The lowest BCUT2D eigenvalue weighted by atomic mass is 9.83. The number of ether oxygens (including phenoxy) is 1. The number of benzene rings is 1. The first-order valence-corrected chi connectivity index (χ1v) is 12.0. The fourth-order valence-corrected chi connectivity index (χ4v) is 4.94. The molecule has 0 radical (unpaired) electrons. The van der Waals surface area contributed by atoms with Crippen LogP contribution in [0.1, 0.15) is 36.8 Å². The van der Waals surface area contributed by atoms with Gasteiger partial charge in [-0.1, -0.05) is 0 Å². The minimum atomic E-state index is 0.360. The molecule has 35 heavy (non-hydrogen) atoms. The highest BCUT2D eigenvalue weighted by atomic mass is 16.5. The number of rotatable bonds is 6. The van der Waals surface area contributed by atoms with Crippen molar-refractivity contribution in [1.29, 1.82) is 0 Å². The molecule has 6 rings (SSSR count). The molecule has 3 N–H and O–H groups in total. The topological polar surface area (TPSA) is 108 Å². The molecule has 9 heteroatoms. The lowest BCUT2D eigenvalue weighted by Crippen LogP contribution is -2.27. The van der Waals surface area contributed by atoms with Crippen molar-refractivity contribution in [3.05, 3.63) is 72.6 Å². The average molecular weight is 469 g/mol. The molecule has 1 aliphatic carbocycles. The quantitative estimate of drug-likeness (QED) is 0.373. The third kappa shape index (κ3) is 4.42. The van der Waals surface area contributed by atoms with Crippen LogP contribution in [0.5, 0.6) is 11.5 Å². The van der Waals surface area contributed by atoms with E-state index in [0.717, 1.165) is 53.2 Å². The number of pyridine rings is 1. The smallest absolute Gasteiger partial charge is 0.158 e. The number of aromatic nitrogens is 6. The Morgan fingerprint density at radius 2 is 1.77 bits per heavy atom. The standard InChI is InChI=1S/C26H28N8O/c1-17-12-21(6-7-23(17)35-22-9-11-33-24(14-22)28-15-30-33)32-26-25-19(8-10-34(25)31-16-29-26)13-18-2-4-20(27)5-3-18/h6-12,14-16,18,20H,2-5,13,27H2,1H3,(H,29,31,32)/t18-,20+. The second kappa shape index (κ2) is 8.99. The largest absolute Gasteiger partial charge is 0.457 e. The van der Waals surface area contributed by atoms with E-state index in [9.17, 15) is 0 Å². The van der Waals surface area contributed by atoms with Crippen molar-refractivity contribution in [2.24, 2.45) is 11.7 Å². The molecule has 0 amide bonds. The number of nitrogens with two attached hydrogens (primary N) is 1. The van der Waals surface area contributed by atoms with Crippen LogP contribution in [-0.2, 0) is 6.42 Å². The van der Waals surface area contributed by atoms with Crippen LogP contribution in [-0.4, -0.2) is 35.2 Å². The molecule has 1 saturated carbocycles. The highest BCUT2D eigenvalue weighted by Crippen LogP contribution is 2.32. The van der Waals surface area contributed by atoms with Crippen molar-refractivity contribution in [1.82, 2.24) is 29.2 Å². The predicted molar refractivity (Wildman–Crippen MR) is 134 cm³/mol. The van der Waals surface area contributed by atoms with E-state index < -0.39 is 0 Å². The van der Waals surface area contributed by atoms with Crippen molar-refractivity contribution in [3.63, 3.8) is 0 Å². The second-order valence-corrected chi connectivity index (χ2v) is 9.36. The van der Waals surface area contributed by atoms with Gasteiger partial charge in [0.25, 0.3) is 0 Å². The first-order chi connectivity index (χ1) is 17.1. The number of nitrogens with one attached hydrogen (secondary N) is 1. The first kappa shape index (κ1) is 21.5. The van der Waals surface area contributed by atoms with Crippen LogP contribution < -0.4 is 15.8 Å². The molecule has 0 spiro atoms. The van der Waals surface area contributed by atoms with Crippen LogP contribution in [0.15, 0.2) is 61.4 Å². The maximum Gasteiger partial charge on any atom is 0.158 e. The fraction of sp³-hybridized carbons (Fsp3) is 0.308. The SMILES string of the molecule is Cc1cc(Nc2ncnn3ccc(C[C@H]4CC[C@@H](N)CC4)c23)ccc1Oc1ccn2ncnc2c1. The predicted octanol–water partition coefficient (Wildman–Crippen LogP) is 4.68. The molecule has 4 heterocycles. The van der Waals surface area contributed by atoms with E-state index in [1.807, 2.05) is 48.1 Å². The number of nitrogens with zero attached hydrogens (tertiary/aromatic N) is 6.